The van der Waals surface area contributed by atoms with Gasteiger partial charge >= 0.3 is 5.97 Å². The van der Waals surface area contributed by atoms with Gasteiger partial charge in [0.2, 0.25) is 0 Å². The van der Waals surface area contributed by atoms with E-state index >= 15 is 0 Å². The SMILES string of the molecule is CCCCOC(=O)C(Cl)CCCC. The van der Waals surface area contributed by atoms with Crippen molar-refractivity contribution in [2.24, 2.45) is 0 Å². The Morgan fingerprint density at radius 3 is 2.46 bits per heavy atom. The van der Waals surface area contributed by atoms with Gasteiger partial charge in [0.1, 0.15) is 5.38 Å². The van der Waals surface area contributed by atoms with E-state index in [9.17, 15) is 4.79 Å². The zero-order valence-electron chi connectivity index (χ0n) is 8.51. The molecule has 2 nitrogen and oxygen atoms in total. The number of hydrogen-bond acceptors (Lipinski definition) is 2. The van der Waals surface area contributed by atoms with Crippen LogP contribution in [0.3, 0.4) is 0 Å². The van der Waals surface area contributed by atoms with Crippen molar-refractivity contribution in [3.63, 3.8) is 0 Å². The molecule has 0 amide bonds. The zero-order chi connectivity index (χ0) is 10.1. The molecule has 0 bridgehead atoms. The maximum atomic E-state index is 11.2. The Morgan fingerprint density at radius 2 is 1.92 bits per heavy atom. The second-order valence-electron chi connectivity index (χ2n) is 3.13. The molecule has 3 heteroatoms. The summed E-state index contributed by atoms with van der Waals surface area (Å²) >= 11 is 5.81. The number of carbonyl (C=O) groups is 1. The zero-order valence-corrected chi connectivity index (χ0v) is 9.27. The standard InChI is InChI=1S/C10H19ClO2/c1-3-5-7-9(11)10(12)13-8-6-4-2/h9H,3-8H2,1-2H3. The number of carbonyl (C=O) groups excluding carboxylic acids is 1. The third-order valence-corrected chi connectivity index (χ3v) is 2.21. The van der Waals surface area contributed by atoms with Gasteiger partial charge in [-0.15, -0.1) is 11.6 Å². The molecule has 0 saturated heterocycles. The van der Waals surface area contributed by atoms with E-state index in [4.69, 9.17) is 16.3 Å². The molecule has 0 aliphatic rings. The highest BCUT2D eigenvalue weighted by molar-refractivity contribution is 6.29. The highest BCUT2D eigenvalue weighted by atomic mass is 35.5. The number of halogens is 1. The van der Waals surface area contributed by atoms with Gasteiger partial charge in [-0.25, -0.2) is 0 Å². The largest absolute Gasteiger partial charge is 0.465 e. The van der Waals surface area contributed by atoms with Gasteiger partial charge in [0.05, 0.1) is 6.61 Å². The molecule has 0 aliphatic carbocycles. The van der Waals surface area contributed by atoms with Crippen molar-refractivity contribution >= 4 is 17.6 Å². The lowest BCUT2D eigenvalue weighted by atomic mass is 10.2. The summed E-state index contributed by atoms with van der Waals surface area (Å²) in [6.07, 6.45) is 4.73. The van der Waals surface area contributed by atoms with Crippen molar-refractivity contribution < 1.29 is 9.53 Å². The average Bonchev–Trinajstić information content (AvgIpc) is 2.14. The molecule has 0 heterocycles. The van der Waals surface area contributed by atoms with Crippen LogP contribution in [-0.4, -0.2) is 18.0 Å². The number of unbranched alkanes of at least 4 members (excludes halogenated alkanes) is 2. The molecule has 0 saturated carbocycles. The first-order chi connectivity index (χ1) is 6.22. The van der Waals surface area contributed by atoms with Crippen LogP contribution in [-0.2, 0) is 9.53 Å². The fourth-order valence-electron chi connectivity index (χ4n) is 0.909. The Hall–Kier alpha value is -0.240. The first-order valence-electron chi connectivity index (χ1n) is 5.03. The summed E-state index contributed by atoms with van der Waals surface area (Å²) < 4.78 is 4.97. The number of rotatable bonds is 7. The fourth-order valence-corrected chi connectivity index (χ4v) is 1.13. The van der Waals surface area contributed by atoms with E-state index in [0.717, 1.165) is 32.1 Å². The molecule has 0 aliphatic heterocycles. The van der Waals surface area contributed by atoms with Crippen LogP contribution < -0.4 is 0 Å². The van der Waals surface area contributed by atoms with Crippen LogP contribution in [0.1, 0.15) is 46.0 Å². The summed E-state index contributed by atoms with van der Waals surface area (Å²) in [4.78, 5) is 11.2. The summed E-state index contributed by atoms with van der Waals surface area (Å²) in [7, 11) is 0. The van der Waals surface area contributed by atoms with Gasteiger partial charge < -0.3 is 4.74 Å². The third kappa shape index (κ3) is 6.88. The fraction of sp³-hybridized carbons (Fsp3) is 0.900. The molecule has 78 valence electrons. The predicted molar refractivity (Wildman–Crippen MR) is 55.0 cm³/mol. The second kappa shape index (κ2) is 8.36. The summed E-state index contributed by atoms with van der Waals surface area (Å²) in [5, 5.41) is -0.447. The molecular formula is C10H19ClO2. The minimum atomic E-state index is -0.447. The van der Waals surface area contributed by atoms with Crippen LogP contribution in [0.5, 0.6) is 0 Å². The molecule has 0 N–H and O–H groups in total. The Kier molecular flexibility index (Phi) is 8.21. The topological polar surface area (TPSA) is 26.3 Å². The van der Waals surface area contributed by atoms with Gasteiger partial charge in [-0.2, -0.15) is 0 Å². The van der Waals surface area contributed by atoms with Gasteiger partial charge in [-0.05, 0) is 12.8 Å². The molecule has 0 aromatic carbocycles. The Labute approximate surface area is 85.6 Å². The molecule has 0 aromatic heterocycles. The summed E-state index contributed by atoms with van der Waals surface area (Å²) in [5.74, 6) is -0.261. The first kappa shape index (κ1) is 12.8. The van der Waals surface area contributed by atoms with E-state index in [-0.39, 0.29) is 5.97 Å². The quantitative estimate of drug-likeness (QED) is 0.364. The smallest absolute Gasteiger partial charge is 0.324 e. The van der Waals surface area contributed by atoms with Crippen molar-refractivity contribution in [2.45, 2.75) is 51.3 Å². The van der Waals surface area contributed by atoms with E-state index < -0.39 is 5.38 Å². The molecule has 0 spiro atoms. The van der Waals surface area contributed by atoms with Gasteiger partial charge in [0.15, 0.2) is 0 Å². The van der Waals surface area contributed by atoms with E-state index in [2.05, 4.69) is 13.8 Å². The van der Waals surface area contributed by atoms with Crippen molar-refractivity contribution in [1.29, 1.82) is 0 Å². The third-order valence-electron chi connectivity index (χ3n) is 1.81. The Balaban J connectivity index is 3.45. The van der Waals surface area contributed by atoms with Crippen molar-refractivity contribution in [1.82, 2.24) is 0 Å². The lowest BCUT2D eigenvalue weighted by molar-refractivity contribution is -0.143. The van der Waals surface area contributed by atoms with E-state index in [1.807, 2.05) is 0 Å². The van der Waals surface area contributed by atoms with Crippen LogP contribution in [0.15, 0.2) is 0 Å². The molecule has 1 unspecified atom stereocenters. The Morgan fingerprint density at radius 1 is 1.31 bits per heavy atom. The normalized spacial score (nSPS) is 12.5. The minimum absolute atomic E-state index is 0.261. The van der Waals surface area contributed by atoms with Gasteiger partial charge in [-0.1, -0.05) is 33.1 Å². The Bertz CT molecular complexity index is 137. The average molecular weight is 207 g/mol. The molecule has 0 radical (unpaired) electrons. The summed E-state index contributed by atoms with van der Waals surface area (Å²) in [6, 6.07) is 0. The van der Waals surface area contributed by atoms with Gasteiger partial charge in [0.25, 0.3) is 0 Å². The molecule has 0 fully saturated rings. The van der Waals surface area contributed by atoms with Crippen LogP contribution in [0.2, 0.25) is 0 Å². The number of ether oxygens (including phenoxy) is 1. The van der Waals surface area contributed by atoms with Crippen LogP contribution >= 0.6 is 11.6 Å². The molecule has 13 heavy (non-hydrogen) atoms. The lowest BCUT2D eigenvalue weighted by Crippen LogP contribution is -2.18. The number of alkyl halides is 1. The molecular weight excluding hydrogens is 188 g/mol. The van der Waals surface area contributed by atoms with E-state index in [0.29, 0.717) is 6.61 Å². The maximum absolute atomic E-state index is 11.2. The molecule has 0 aromatic rings. The second-order valence-corrected chi connectivity index (χ2v) is 3.66. The van der Waals surface area contributed by atoms with Crippen LogP contribution in [0.25, 0.3) is 0 Å². The van der Waals surface area contributed by atoms with Gasteiger partial charge in [0, 0.05) is 0 Å². The highest BCUT2D eigenvalue weighted by Crippen LogP contribution is 2.09. The number of esters is 1. The van der Waals surface area contributed by atoms with Crippen LogP contribution in [0, 0.1) is 0 Å². The van der Waals surface area contributed by atoms with Crippen molar-refractivity contribution in [2.75, 3.05) is 6.61 Å². The highest BCUT2D eigenvalue weighted by Gasteiger charge is 2.15. The van der Waals surface area contributed by atoms with E-state index in [1.54, 1.807) is 0 Å². The minimum Gasteiger partial charge on any atom is -0.465 e. The predicted octanol–water partition coefficient (Wildman–Crippen LogP) is 3.13. The van der Waals surface area contributed by atoms with Crippen LogP contribution in [0.4, 0.5) is 0 Å². The maximum Gasteiger partial charge on any atom is 0.324 e. The van der Waals surface area contributed by atoms with Crippen molar-refractivity contribution in [3.05, 3.63) is 0 Å². The molecule has 1 atom stereocenters. The van der Waals surface area contributed by atoms with Gasteiger partial charge in [-0.3, -0.25) is 4.79 Å². The monoisotopic (exact) mass is 206 g/mol. The summed E-state index contributed by atoms with van der Waals surface area (Å²) in [5.41, 5.74) is 0. The lowest BCUT2D eigenvalue weighted by Gasteiger charge is -2.08. The van der Waals surface area contributed by atoms with Crippen molar-refractivity contribution in [3.8, 4) is 0 Å². The first-order valence-corrected chi connectivity index (χ1v) is 5.46. The number of hydrogen-bond donors (Lipinski definition) is 0. The molecule has 0 rings (SSSR count). The summed E-state index contributed by atoms with van der Waals surface area (Å²) in [6.45, 7) is 4.64. The van der Waals surface area contributed by atoms with E-state index in [1.165, 1.54) is 0 Å².